The first-order valence-corrected chi connectivity index (χ1v) is 9.75. The van der Waals surface area contributed by atoms with Gasteiger partial charge in [-0.05, 0) is 48.6 Å². The number of Topliss-reactive ketones (excluding diaryl/α,β-unsaturated/α-hetero) is 1. The normalized spacial score (nSPS) is 10.9. The van der Waals surface area contributed by atoms with Gasteiger partial charge in [-0.1, -0.05) is 36.4 Å². The molecule has 0 N–H and O–H groups in total. The van der Waals surface area contributed by atoms with Crippen molar-refractivity contribution in [2.75, 3.05) is 6.61 Å². The Balaban J connectivity index is 1.84. The molecule has 140 valence electrons. The Kier molecular flexibility index (Phi) is 4.84. The Morgan fingerprint density at radius 2 is 1.79 bits per heavy atom. The molecule has 0 spiro atoms. The third-order valence-corrected chi connectivity index (χ3v) is 5.56. The number of fused-ring (bicyclic) bond motifs is 1. The zero-order chi connectivity index (χ0) is 19.7. The molecule has 0 saturated carbocycles. The van der Waals surface area contributed by atoms with E-state index in [0.717, 1.165) is 16.7 Å². The molecule has 0 aliphatic heterocycles. The second-order valence-electron chi connectivity index (χ2n) is 6.58. The lowest BCUT2D eigenvalue weighted by molar-refractivity contribution is 0.0924. The lowest BCUT2D eigenvalue weighted by Gasteiger charge is -2.12. The fourth-order valence-corrected chi connectivity index (χ4v) is 3.64. The van der Waals surface area contributed by atoms with Crippen molar-refractivity contribution in [2.24, 2.45) is 0 Å². The van der Waals surface area contributed by atoms with Gasteiger partial charge in [0, 0.05) is 5.56 Å². The number of carbonyl (C=O) groups is 1. The standard InChI is InChI=1S/C23H18O4S/c1-14-11-17-19(12-15(14)2)27-22(16-7-4-3-5-8-16)23(21(17)25)26-13-18(24)20-9-6-10-28-20/h3-12H,13H2,1-2H3. The quantitative estimate of drug-likeness (QED) is 0.428. The van der Waals surface area contributed by atoms with E-state index in [4.69, 9.17) is 9.15 Å². The Bertz CT molecular complexity index is 1210. The number of ketones is 1. The Labute approximate surface area is 166 Å². The van der Waals surface area contributed by atoms with Crippen LogP contribution in [0.4, 0.5) is 0 Å². The molecule has 0 atom stereocenters. The lowest BCUT2D eigenvalue weighted by Crippen LogP contribution is -2.16. The van der Waals surface area contributed by atoms with Crippen LogP contribution in [-0.4, -0.2) is 12.4 Å². The second kappa shape index (κ2) is 7.44. The monoisotopic (exact) mass is 390 g/mol. The molecule has 2 aromatic carbocycles. The highest BCUT2D eigenvalue weighted by molar-refractivity contribution is 7.12. The van der Waals surface area contributed by atoms with Crippen LogP contribution < -0.4 is 10.2 Å². The van der Waals surface area contributed by atoms with Gasteiger partial charge < -0.3 is 9.15 Å². The molecule has 4 rings (SSSR count). The molecule has 0 unspecified atom stereocenters. The van der Waals surface area contributed by atoms with E-state index in [1.807, 2.05) is 61.7 Å². The minimum Gasteiger partial charge on any atom is -0.478 e. The number of hydrogen-bond donors (Lipinski definition) is 0. The van der Waals surface area contributed by atoms with Crippen molar-refractivity contribution in [3.8, 4) is 17.1 Å². The minimum absolute atomic E-state index is 0.0619. The fraction of sp³-hybridized carbons (Fsp3) is 0.130. The van der Waals surface area contributed by atoms with Gasteiger partial charge in [0.2, 0.25) is 17.0 Å². The van der Waals surface area contributed by atoms with E-state index in [1.54, 1.807) is 12.1 Å². The van der Waals surface area contributed by atoms with Crippen molar-refractivity contribution < 1.29 is 13.9 Å². The highest BCUT2D eigenvalue weighted by Crippen LogP contribution is 2.31. The van der Waals surface area contributed by atoms with Crippen molar-refractivity contribution in [3.05, 3.63) is 86.2 Å². The third kappa shape index (κ3) is 3.37. The Morgan fingerprint density at radius 1 is 1.04 bits per heavy atom. The number of aryl methyl sites for hydroxylation is 2. The molecule has 2 heterocycles. The molecule has 28 heavy (non-hydrogen) atoms. The average molecular weight is 390 g/mol. The number of ether oxygens (including phenoxy) is 1. The van der Waals surface area contributed by atoms with Gasteiger partial charge in [0.1, 0.15) is 5.58 Å². The molecule has 0 bridgehead atoms. The average Bonchev–Trinajstić information content (AvgIpc) is 3.24. The van der Waals surface area contributed by atoms with Gasteiger partial charge in [-0.3, -0.25) is 9.59 Å². The van der Waals surface area contributed by atoms with Gasteiger partial charge in [-0.15, -0.1) is 11.3 Å². The van der Waals surface area contributed by atoms with Crippen LogP contribution in [0.15, 0.2) is 69.2 Å². The van der Waals surface area contributed by atoms with E-state index in [-0.39, 0.29) is 23.6 Å². The zero-order valence-electron chi connectivity index (χ0n) is 15.5. The minimum atomic E-state index is -0.276. The molecule has 0 aliphatic rings. The lowest BCUT2D eigenvalue weighted by atomic mass is 10.0. The van der Waals surface area contributed by atoms with E-state index in [2.05, 4.69) is 0 Å². The summed E-state index contributed by atoms with van der Waals surface area (Å²) >= 11 is 1.35. The SMILES string of the molecule is Cc1cc2oc(-c3ccccc3)c(OCC(=O)c3cccs3)c(=O)c2cc1C. The predicted octanol–water partition coefficient (Wildman–Crippen LogP) is 5.40. The number of rotatable bonds is 5. The molecule has 0 saturated heterocycles. The molecule has 4 nitrogen and oxygen atoms in total. The van der Waals surface area contributed by atoms with Gasteiger partial charge in [-0.25, -0.2) is 0 Å². The van der Waals surface area contributed by atoms with Crippen molar-refractivity contribution in [2.45, 2.75) is 13.8 Å². The smallest absolute Gasteiger partial charge is 0.235 e. The number of hydrogen-bond acceptors (Lipinski definition) is 5. The maximum absolute atomic E-state index is 13.2. The van der Waals surface area contributed by atoms with Crippen LogP contribution in [0.3, 0.4) is 0 Å². The van der Waals surface area contributed by atoms with Crippen LogP contribution in [0.25, 0.3) is 22.3 Å². The Morgan fingerprint density at radius 3 is 2.50 bits per heavy atom. The first kappa shape index (κ1) is 18.2. The maximum atomic E-state index is 13.2. The largest absolute Gasteiger partial charge is 0.478 e. The number of benzene rings is 2. The van der Waals surface area contributed by atoms with Gasteiger partial charge in [0.15, 0.2) is 12.4 Å². The van der Waals surface area contributed by atoms with Crippen molar-refractivity contribution in [1.82, 2.24) is 0 Å². The predicted molar refractivity (Wildman–Crippen MR) is 112 cm³/mol. The van der Waals surface area contributed by atoms with E-state index in [0.29, 0.717) is 21.6 Å². The molecule has 0 fully saturated rings. The van der Waals surface area contributed by atoms with Crippen LogP contribution >= 0.6 is 11.3 Å². The fourth-order valence-electron chi connectivity index (χ4n) is 2.99. The van der Waals surface area contributed by atoms with E-state index in [9.17, 15) is 9.59 Å². The molecule has 2 aromatic heterocycles. The van der Waals surface area contributed by atoms with Crippen LogP contribution in [0.5, 0.6) is 5.75 Å². The molecular weight excluding hydrogens is 372 g/mol. The van der Waals surface area contributed by atoms with Gasteiger partial charge >= 0.3 is 0 Å². The van der Waals surface area contributed by atoms with Crippen molar-refractivity contribution in [1.29, 1.82) is 0 Å². The molecule has 0 aliphatic carbocycles. The number of carbonyl (C=O) groups excluding carboxylic acids is 1. The topological polar surface area (TPSA) is 56.5 Å². The maximum Gasteiger partial charge on any atom is 0.235 e. The first-order valence-electron chi connectivity index (χ1n) is 8.87. The molecule has 0 radical (unpaired) electrons. The number of thiophene rings is 1. The Hall–Kier alpha value is -3.18. The van der Waals surface area contributed by atoms with E-state index < -0.39 is 0 Å². The van der Waals surface area contributed by atoms with Gasteiger partial charge in [0.05, 0.1) is 10.3 Å². The summed E-state index contributed by atoms with van der Waals surface area (Å²) in [6.45, 7) is 3.70. The second-order valence-corrected chi connectivity index (χ2v) is 7.52. The summed E-state index contributed by atoms with van der Waals surface area (Å²) in [7, 11) is 0. The zero-order valence-corrected chi connectivity index (χ0v) is 16.3. The first-order chi connectivity index (χ1) is 13.5. The van der Waals surface area contributed by atoms with Crippen LogP contribution in [0, 0.1) is 13.8 Å². The van der Waals surface area contributed by atoms with Crippen LogP contribution in [0.1, 0.15) is 20.8 Å². The summed E-state index contributed by atoms with van der Waals surface area (Å²) in [6.07, 6.45) is 0. The van der Waals surface area contributed by atoms with E-state index in [1.165, 1.54) is 11.3 Å². The third-order valence-electron chi connectivity index (χ3n) is 4.64. The highest BCUT2D eigenvalue weighted by atomic mass is 32.1. The van der Waals surface area contributed by atoms with E-state index >= 15 is 0 Å². The van der Waals surface area contributed by atoms with Crippen LogP contribution in [0.2, 0.25) is 0 Å². The summed E-state index contributed by atoms with van der Waals surface area (Å²) in [5.41, 5.74) is 2.98. The molecular formula is C23H18O4S. The molecule has 4 aromatic rings. The van der Waals surface area contributed by atoms with Crippen LogP contribution in [-0.2, 0) is 0 Å². The van der Waals surface area contributed by atoms with Crippen molar-refractivity contribution >= 4 is 28.1 Å². The summed E-state index contributed by atoms with van der Waals surface area (Å²) in [6, 6.07) is 16.5. The summed E-state index contributed by atoms with van der Waals surface area (Å²) in [5, 5.41) is 2.28. The summed E-state index contributed by atoms with van der Waals surface area (Å²) < 4.78 is 11.8. The van der Waals surface area contributed by atoms with Gasteiger partial charge in [0.25, 0.3) is 0 Å². The highest BCUT2D eigenvalue weighted by Gasteiger charge is 2.20. The molecule has 0 amide bonds. The molecule has 5 heteroatoms. The van der Waals surface area contributed by atoms with Crippen molar-refractivity contribution in [3.63, 3.8) is 0 Å². The summed E-state index contributed by atoms with van der Waals surface area (Å²) in [4.78, 5) is 26.1. The summed E-state index contributed by atoms with van der Waals surface area (Å²) in [5.74, 6) is 0.223. The van der Waals surface area contributed by atoms with Gasteiger partial charge in [-0.2, -0.15) is 0 Å².